The van der Waals surface area contributed by atoms with E-state index in [2.05, 4.69) is 28.6 Å². The van der Waals surface area contributed by atoms with Crippen molar-refractivity contribution in [2.45, 2.75) is 44.7 Å². The summed E-state index contributed by atoms with van der Waals surface area (Å²) in [5.41, 5.74) is 0. The van der Waals surface area contributed by atoms with Gasteiger partial charge in [0.15, 0.2) is 0 Å². The molecule has 1 atom stereocenters. The van der Waals surface area contributed by atoms with Gasteiger partial charge in [0.25, 0.3) is 0 Å². The van der Waals surface area contributed by atoms with E-state index in [9.17, 15) is 14.4 Å². The smallest absolute Gasteiger partial charge is 0.243 e. The molecule has 7 heteroatoms. The molecule has 1 aliphatic rings. The van der Waals surface area contributed by atoms with Gasteiger partial charge in [0.1, 0.15) is 6.04 Å². The lowest BCUT2D eigenvalue weighted by Gasteiger charge is -2.15. The van der Waals surface area contributed by atoms with E-state index < -0.39 is 6.04 Å². The Bertz CT molecular complexity index is 345. The van der Waals surface area contributed by atoms with Crippen LogP contribution in [0.5, 0.6) is 0 Å². The molecular formula is C12H21N3O3S. The molecule has 1 rings (SSSR count). The first-order chi connectivity index (χ1) is 9.02. The summed E-state index contributed by atoms with van der Waals surface area (Å²) in [5, 5.41) is 8.07. The fraction of sp³-hybridized carbons (Fsp3) is 0.750. The van der Waals surface area contributed by atoms with Crippen LogP contribution in [0.25, 0.3) is 0 Å². The molecule has 1 aliphatic carbocycles. The van der Waals surface area contributed by atoms with E-state index in [1.807, 2.05) is 0 Å². The van der Waals surface area contributed by atoms with Gasteiger partial charge in [-0.25, -0.2) is 0 Å². The van der Waals surface area contributed by atoms with Crippen molar-refractivity contribution in [1.29, 1.82) is 0 Å². The van der Waals surface area contributed by atoms with E-state index in [4.69, 9.17) is 0 Å². The number of hydrogen-bond donors (Lipinski definition) is 4. The normalized spacial score (nSPS) is 15.5. The summed E-state index contributed by atoms with van der Waals surface area (Å²) in [4.78, 5) is 33.9. The van der Waals surface area contributed by atoms with Crippen LogP contribution >= 0.6 is 12.6 Å². The molecule has 0 saturated heterocycles. The highest BCUT2D eigenvalue weighted by Gasteiger charge is 2.22. The van der Waals surface area contributed by atoms with Crippen LogP contribution in [0.15, 0.2) is 0 Å². The quantitative estimate of drug-likeness (QED) is 0.362. The largest absolute Gasteiger partial charge is 0.354 e. The van der Waals surface area contributed by atoms with Crippen molar-refractivity contribution in [2.75, 3.05) is 12.3 Å². The number of nitrogens with one attached hydrogen (secondary N) is 3. The lowest BCUT2D eigenvalue weighted by Crippen LogP contribution is -2.47. The average molecular weight is 287 g/mol. The number of thiol groups is 1. The Balaban J connectivity index is 2.10. The molecule has 3 N–H and O–H groups in total. The highest BCUT2D eigenvalue weighted by atomic mass is 32.1. The van der Waals surface area contributed by atoms with Crippen LogP contribution in [0.3, 0.4) is 0 Å². The van der Waals surface area contributed by atoms with E-state index >= 15 is 0 Å². The van der Waals surface area contributed by atoms with Crippen molar-refractivity contribution < 1.29 is 14.4 Å². The molecule has 0 aromatic heterocycles. The molecule has 0 spiro atoms. The van der Waals surface area contributed by atoms with Crippen molar-refractivity contribution in [3.8, 4) is 0 Å². The summed E-state index contributed by atoms with van der Waals surface area (Å²) in [7, 11) is 0. The maximum Gasteiger partial charge on any atom is 0.243 e. The monoisotopic (exact) mass is 287 g/mol. The first kappa shape index (κ1) is 15.8. The Morgan fingerprint density at radius 2 is 2.00 bits per heavy atom. The van der Waals surface area contributed by atoms with Gasteiger partial charge in [-0.05, 0) is 19.3 Å². The molecule has 1 fully saturated rings. The van der Waals surface area contributed by atoms with Gasteiger partial charge >= 0.3 is 0 Å². The molecule has 1 saturated carbocycles. The zero-order valence-electron chi connectivity index (χ0n) is 11.1. The number of hydrogen-bond acceptors (Lipinski definition) is 4. The summed E-state index contributed by atoms with van der Waals surface area (Å²) >= 11 is 4.01. The van der Waals surface area contributed by atoms with E-state index in [0.29, 0.717) is 25.4 Å². The minimum Gasteiger partial charge on any atom is -0.354 e. The summed E-state index contributed by atoms with van der Waals surface area (Å²) in [5.74, 6) is -0.261. The van der Waals surface area contributed by atoms with Crippen LogP contribution in [-0.2, 0) is 14.4 Å². The topological polar surface area (TPSA) is 87.3 Å². The molecule has 0 heterocycles. The van der Waals surface area contributed by atoms with E-state index in [1.54, 1.807) is 0 Å². The second-order valence-electron chi connectivity index (χ2n) is 4.67. The predicted octanol–water partition coefficient (Wildman–Crippen LogP) is -0.404. The fourth-order valence-electron chi connectivity index (χ4n) is 1.55. The Kier molecular flexibility index (Phi) is 6.69. The van der Waals surface area contributed by atoms with Crippen LogP contribution < -0.4 is 16.0 Å². The van der Waals surface area contributed by atoms with E-state index in [1.165, 1.54) is 6.92 Å². The SMILES string of the molecule is CC(=O)NC(CS)C(=O)NCCCC(=O)NC1CC1. The van der Waals surface area contributed by atoms with E-state index in [-0.39, 0.29) is 23.5 Å². The Labute approximate surface area is 118 Å². The van der Waals surface area contributed by atoms with Gasteiger partial charge in [-0.1, -0.05) is 0 Å². The third kappa shape index (κ3) is 7.05. The Morgan fingerprint density at radius 1 is 1.32 bits per heavy atom. The number of amides is 3. The van der Waals surface area contributed by atoms with Crippen molar-refractivity contribution in [1.82, 2.24) is 16.0 Å². The molecule has 0 aliphatic heterocycles. The van der Waals surface area contributed by atoms with Gasteiger partial charge in [-0.15, -0.1) is 0 Å². The molecule has 0 radical (unpaired) electrons. The van der Waals surface area contributed by atoms with Crippen LogP contribution in [0, 0.1) is 0 Å². The first-order valence-corrected chi connectivity index (χ1v) is 7.11. The van der Waals surface area contributed by atoms with Crippen molar-refractivity contribution >= 4 is 30.4 Å². The number of carbonyl (C=O) groups excluding carboxylic acids is 3. The summed E-state index contributed by atoms with van der Waals surface area (Å²) in [6.07, 6.45) is 3.14. The van der Waals surface area contributed by atoms with Gasteiger partial charge < -0.3 is 16.0 Å². The van der Waals surface area contributed by atoms with Crippen molar-refractivity contribution in [3.05, 3.63) is 0 Å². The third-order valence-electron chi connectivity index (χ3n) is 2.70. The van der Waals surface area contributed by atoms with Crippen LogP contribution in [-0.4, -0.2) is 42.1 Å². The Hall–Kier alpha value is -1.24. The highest BCUT2D eigenvalue weighted by molar-refractivity contribution is 7.80. The lowest BCUT2D eigenvalue weighted by molar-refractivity contribution is -0.127. The minimum atomic E-state index is -0.624. The van der Waals surface area contributed by atoms with Gasteiger partial charge in [-0.3, -0.25) is 14.4 Å². The van der Waals surface area contributed by atoms with Gasteiger partial charge in [0, 0.05) is 31.7 Å². The third-order valence-corrected chi connectivity index (χ3v) is 3.06. The zero-order valence-corrected chi connectivity index (χ0v) is 12.0. The maximum absolute atomic E-state index is 11.7. The van der Waals surface area contributed by atoms with Crippen LogP contribution in [0.4, 0.5) is 0 Å². The zero-order chi connectivity index (χ0) is 14.3. The standard InChI is InChI=1S/C12H21N3O3S/c1-8(16)14-10(7-19)12(18)13-6-2-3-11(17)15-9-4-5-9/h9-10,19H,2-7H2,1H3,(H,13,18)(H,14,16)(H,15,17). The Morgan fingerprint density at radius 3 is 2.53 bits per heavy atom. The second kappa shape index (κ2) is 8.04. The maximum atomic E-state index is 11.7. The molecule has 6 nitrogen and oxygen atoms in total. The molecule has 0 aromatic rings. The number of carbonyl (C=O) groups is 3. The van der Waals surface area contributed by atoms with Gasteiger partial charge in [-0.2, -0.15) is 12.6 Å². The number of rotatable bonds is 8. The summed E-state index contributed by atoms with van der Waals surface area (Å²) in [6, 6.07) is -0.253. The molecule has 3 amide bonds. The minimum absolute atomic E-state index is 0.0318. The molecule has 0 aromatic carbocycles. The first-order valence-electron chi connectivity index (χ1n) is 6.48. The molecule has 0 bridgehead atoms. The molecule has 1 unspecified atom stereocenters. The van der Waals surface area contributed by atoms with Crippen LogP contribution in [0.2, 0.25) is 0 Å². The predicted molar refractivity (Wildman–Crippen MR) is 74.9 cm³/mol. The van der Waals surface area contributed by atoms with Crippen LogP contribution in [0.1, 0.15) is 32.6 Å². The molecular weight excluding hydrogens is 266 g/mol. The molecule has 108 valence electrons. The average Bonchev–Trinajstić information content (AvgIpc) is 3.14. The second-order valence-corrected chi connectivity index (χ2v) is 5.04. The highest BCUT2D eigenvalue weighted by Crippen LogP contribution is 2.18. The summed E-state index contributed by atoms with van der Waals surface area (Å²) < 4.78 is 0. The van der Waals surface area contributed by atoms with Gasteiger partial charge in [0.2, 0.25) is 17.7 Å². The fourth-order valence-corrected chi connectivity index (χ4v) is 1.81. The van der Waals surface area contributed by atoms with Crippen molar-refractivity contribution in [3.63, 3.8) is 0 Å². The van der Waals surface area contributed by atoms with E-state index in [0.717, 1.165) is 12.8 Å². The lowest BCUT2D eigenvalue weighted by atomic mass is 10.2. The van der Waals surface area contributed by atoms with Crippen molar-refractivity contribution in [2.24, 2.45) is 0 Å². The van der Waals surface area contributed by atoms with Gasteiger partial charge in [0.05, 0.1) is 0 Å². The molecule has 19 heavy (non-hydrogen) atoms. The summed E-state index contributed by atoms with van der Waals surface area (Å²) in [6.45, 7) is 1.77.